The summed E-state index contributed by atoms with van der Waals surface area (Å²) in [6, 6.07) is 5.49. The predicted molar refractivity (Wildman–Crippen MR) is 102 cm³/mol. The fraction of sp³-hybridized carbons (Fsp3) is 0.571. The number of benzene rings is 1. The molecule has 1 spiro atoms. The van der Waals surface area contributed by atoms with Gasteiger partial charge in [0, 0.05) is 22.8 Å². The smallest absolute Gasteiger partial charge is 0.250 e. The number of hydrogen-bond donors (Lipinski definition) is 2. The standard InChI is InChI=1S/C21H27N3O3/c1-10(2)15-13-14(18(26)24(17(13)25)20(4,5)6)21(23-15)12-9-7-8-11(3)16(12)22-19(21)27/h7-10,13-15,23H,1-6H3,(H,22,27)/t13-,14-,15+,21+/m0/s1. The van der Waals surface area contributed by atoms with Crippen molar-refractivity contribution in [3.63, 3.8) is 0 Å². The molecule has 2 fully saturated rings. The predicted octanol–water partition coefficient (Wildman–Crippen LogP) is 2.17. The fourth-order valence-electron chi connectivity index (χ4n) is 5.14. The van der Waals surface area contributed by atoms with E-state index in [4.69, 9.17) is 0 Å². The second-order valence-corrected chi connectivity index (χ2v) is 9.36. The largest absolute Gasteiger partial charge is 0.324 e. The van der Waals surface area contributed by atoms with Crippen molar-refractivity contribution in [3.05, 3.63) is 29.3 Å². The van der Waals surface area contributed by atoms with Gasteiger partial charge in [0.2, 0.25) is 17.7 Å². The molecule has 1 aromatic rings. The summed E-state index contributed by atoms with van der Waals surface area (Å²) in [7, 11) is 0. The average molecular weight is 369 g/mol. The van der Waals surface area contributed by atoms with Gasteiger partial charge in [-0.15, -0.1) is 0 Å². The van der Waals surface area contributed by atoms with Gasteiger partial charge in [-0.3, -0.25) is 24.6 Å². The maximum absolute atomic E-state index is 13.5. The lowest BCUT2D eigenvalue weighted by Crippen LogP contribution is -2.56. The molecule has 3 heterocycles. The quantitative estimate of drug-likeness (QED) is 0.744. The molecular weight excluding hydrogens is 342 g/mol. The number of carbonyl (C=O) groups excluding carboxylic acids is 3. The number of nitrogens with zero attached hydrogens (tertiary/aromatic N) is 1. The molecule has 1 aromatic carbocycles. The molecule has 144 valence electrons. The zero-order valence-electron chi connectivity index (χ0n) is 16.7. The third-order valence-electron chi connectivity index (χ3n) is 6.28. The Morgan fingerprint density at radius 3 is 2.37 bits per heavy atom. The number of para-hydroxylation sites is 1. The Bertz CT molecular complexity index is 870. The van der Waals surface area contributed by atoms with Gasteiger partial charge in [0.05, 0.1) is 11.8 Å². The number of amides is 3. The van der Waals surface area contributed by atoms with Crippen molar-refractivity contribution >= 4 is 23.4 Å². The maximum Gasteiger partial charge on any atom is 0.250 e. The van der Waals surface area contributed by atoms with Crippen LogP contribution < -0.4 is 10.6 Å². The highest BCUT2D eigenvalue weighted by atomic mass is 16.2. The highest BCUT2D eigenvalue weighted by molar-refractivity contribution is 6.15. The Labute approximate surface area is 159 Å². The first-order chi connectivity index (χ1) is 12.5. The van der Waals surface area contributed by atoms with Crippen molar-refractivity contribution in [1.29, 1.82) is 0 Å². The lowest BCUT2D eigenvalue weighted by Gasteiger charge is -2.35. The number of imide groups is 1. The van der Waals surface area contributed by atoms with Gasteiger partial charge >= 0.3 is 0 Å². The molecule has 2 N–H and O–H groups in total. The molecule has 0 aromatic heterocycles. The number of nitrogens with one attached hydrogen (secondary N) is 2. The molecule has 3 amide bonds. The van der Waals surface area contributed by atoms with Gasteiger partial charge in [-0.1, -0.05) is 32.0 Å². The molecule has 2 saturated heterocycles. The third-order valence-corrected chi connectivity index (χ3v) is 6.28. The summed E-state index contributed by atoms with van der Waals surface area (Å²) in [5, 5.41) is 6.43. The number of aryl methyl sites for hydroxylation is 1. The second kappa shape index (κ2) is 5.41. The number of anilines is 1. The Balaban J connectivity index is 1.95. The monoisotopic (exact) mass is 369 g/mol. The highest BCUT2D eigenvalue weighted by Gasteiger charge is 2.71. The van der Waals surface area contributed by atoms with Crippen LogP contribution in [-0.2, 0) is 19.9 Å². The van der Waals surface area contributed by atoms with Crippen molar-refractivity contribution in [2.24, 2.45) is 17.8 Å². The van der Waals surface area contributed by atoms with Crippen molar-refractivity contribution in [2.75, 3.05) is 5.32 Å². The van der Waals surface area contributed by atoms with Crippen LogP contribution in [0.25, 0.3) is 0 Å². The van der Waals surface area contributed by atoms with Gasteiger partial charge in [0.1, 0.15) is 5.54 Å². The molecule has 6 nitrogen and oxygen atoms in total. The van der Waals surface area contributed by atoms with E-state index in [9.17, 15) is 14.4 Å². The van der Waals surface area contributed by atoms with Gasteiger partial charge in [-0.25, -0.2) is 0 Å². The third kappa shape index (κ3) is 2.13. The van der Waals surface area contributed by atoms with E-state index in [-0.39, 0.29) is 29.7 Å². The number of likely N-dealkylation sites (tertiary alicyclic amines) is 1. The van der Waals surface area contributed by atoms with Crippen molar-refractivity contribution < 1.29 is 14.4 Å². The fourth-order valence-corrected chi connectivity index (χ4v) is 5.14. The summed E-state index contributed by atoms with van der Waals surface area (Å²) in [4.78, 5) is 41.5. The molecule has 3 aliphatic rings. The summed E-state index contributed by atoms with van der Waals surface area (Å²) >= 11 is 0. The molecule has 4 atom stereocenters. The summed E-state index contributed by atoms with van der Waals surface area (Å²) in [5.74, 6) is -1.81. The minimum absolute atomic E-state index is 0.107. The molecule has 0 radical (unpaired) electrons. The van der Waals surface area contributed by atoms with Crippen molar-refractivity contribution in [1.82, 2.24) is 10.2 Å². The van der Waals surface area contributed by atoms with E-state index in [1.807, 2.05) is 59.7 Å². The Morgan fingerprint density at radius 2 is 1.78 bits per heavy atom. The van der Waals surface area contributed by atoms with E-state index in [1.54, 1.807) is 0 Å². The van der Waals surface area contributed by atoms with Crippen LogP contribution in [0, 0.1) is 24.7 Å². The first-order valence-corrected chi connectivity index (χ1v) is 9.59. The SMILES string of the molecule is Cc1cccc2c1NC(=O)[C@@]21N[C@H](C(C)C)[C@H]2C(=O)N(C(C)(C)C)C(=O)[C@H]21. The molecule has 3 aliphatic heterocycles. The molecule has 0 aliphatic carbocycles. The number of carbonyl (C=O) groups is 3. The molecule has 6 heteroatoms. The first kappa shape index (κ1) is 18.2. The topological polar surface area (TPSA) is 78.5 Å². The number of hydrogen-bond acceptors (Lipinski definition) is 4. The Hall–Kier alpha value is -2.21. The van der Waals surface area contributed by atoms with Crippen molar-refractivity contribution in [2.45, 2.75) is 58.7 Å². The summed E-state index contributed by atoms with van der Waals surface area (Å²) in [5.41, 5.74) is 0.683. The zero-order chi connectivity index (χ0) is 19.9. The molecule has 4 rings (SSSR count). The summed E-state index contributed by atoms with van der Waals surface area (Å²) in [6.07, 6.45) is 0. The van der Waals surface area contributed by atoms with Crippen LogP contribution in [0.15, 0.2) is 18.2 Å². The maximum atomic E-state index is 13.5. The zero-order valence-corrected chi connectivity index (χ0v) is 16.7. The minimum atomic E-state index is -1.19. The summed E-state index contributed by atoms with van der Waals surface area (Å²) in [6.45, 7) is 11.6. The molecule has 0 unspecified atom stereocenters. The van der Waals surface area contributed by atoms with E-state index in [1.165, 1.54) is 4.90 Å². The Morgan fingerprint density at radius 1 is 1.11 bits per heavy atom. The number of fused-ring (bicyclic) bond motifs is 4. The van der Waals surface area contributed by atoms with Crippen LogP contribution in [0.3, 0.4) is 0 Å². The Kier molecular flexibility index (Phi) is 3.64. The second-order valence-electron chi connectivity index (χ2n) is 9.36. The van der Waals surface area contributed by atoms with Crippen molar-refractivity contribution in [3.8, 4) is 0 Å². The molecule has 0 bridgehead atoms. The van der Waals surface area contributed by atoms with E-state index in [0.717, 1.165) is 16.8 Å². The van der Waals surface area contributed by atoms with Gasteiger partial charge in [0.15, 0.2) is 0 Å². The minimum Gasteiger partial charge on any atom is -0.324 e. The summed E-state index contributed by atoms with van der Waals surface area (Å²) < 4.78 is 0. The van der Waals surface area contributed by atoms with E-state index in [0.29, 0.717) is 0 Å². The molecule has 27 heavy (non-hydrogen) atoms. The van der Waals surface area contributed by atoms with Crippen LogP contribution in [0.1, 0.15) is 45.7 Å². The average Bonchev–Trinajstić information content (AvgIpc) is 3.13. The van der Waals surface area contributed by atoms with Gasteiger partial charge < -0.3 is 5.32 Å². The molecule has 0 saturated carbocycles. The van der Waals surface area contributed by atoms with Crippen LogP contribution in [-0.4, -0.2) is 34.2 Å². The highest BCUT2D eigenvalue weighted by Crippen LogP contribution is 2.55. The first-order valence-electron chi connectivity index (χ1n) is 9.59. The van der Waals surface area contributed by atoms with Gasteiger partial charge in [-0.05, 0) is 39.2 Å². The number of rotatable bonds is 1. The lowest BCUT2D eigenvalue weighted by molar-refractivity contribution is -0.148. The normalized spacial score (nSPS) is 32.5. The van der Waals surface area contributed by atoms with E-state index in [2.05, 4.69) is 10.6 Å². The van der Waals surface area contributed by atoms with Gasteiger partial charge in [-0.2, -0.15) is 0 Å². The molecular formula is C21H27N3O3. The van der Waals surface area contributed by atoms with E-state index < -0.39 is 22.9 Å². The van der Waals surface area contributed by atoms with Crippen LogP contribution >= 0.6 is 0 Å². The van der Waals surface area contributed by atoms with Gasteiger partial charge in [0.25, 0.3) is 0 Å². The van der Waals surface area contributed by atoms with Crippen LogP contribution in [0.5, 0.6) is 0 Å². The van der Waals surface area contributed by atoms with Crippen LogP contribution in [0.4, 0.5) is 5.69 Å². The lowest BCUT2D eigenvalue weighted by atomic mass is 9.75. The van der Waals surface area contributed by atoms with Crippen LogP contribution in [0.2, 0.25) is 0 Å². The van der Waals surface area contributed by atoms with E-state index >= 15 is 0 Å².